The molecular formula is C15H15N3O5. The molecule has 0 fully saturated rings. The minimum atomic E-state index is -0.737. The van der Waals surface area contributed by atoms with Crippen LogP contribution in [0.5, 0.6) is 0 Å². The summed E-state index contributed by atoms with van der Waals surface area (Å²) in [5.41, 5.74) is 0.378. The Labute approximate surface area is 132 Å². The first kappa shape index (κ1) is 17.8. The van der Waals surface area contributed by atoms with Crippen LogP contribution in [0.25, 0.3) is 6.08 Å². The molecule has 0 saturated carbocycles. The summed E-state index contributed by atoms with van der Waals surface area (Å²) in [5, 5.41) is 19.1. The highest BCUT2D eigenvalue weighted by atomic mass is 16.6. The molecule has 0 aromatic heterocycles. The van der Waals surface area contributed by atoms with Crippen molar-refractivity contribution in [2.45, 2.75) is 6.42 Å². The molecule has 0 heterocycles. The minimum Gasteiger partial charge on any atom is -0.452 e. The van der Waals surface area contributed by atoms with Gasteiger partial charge in [0, 0.05) is 31.8 Å². The number of hydrogen-bond donors (Lipinski definition) is 0. The number of nitriles is 1. The van der Waals surface area contributed by atoms with Crippen LogP contribution in [0.15, 0.2) is 30.3 Å². The van der Waals surface area contributed by atoms with E-state index in [-0.39, 0.29) is 18.7 Å². The fourth-order valence-corrected chi connectivity index (χ4v) is 1.54. The van der Waals surface area contributed by atoms with Gasteiger partial charge in [-0.2, -0.15) is 5.26 Å². The molecule has 8 heteroatoms. The summed E-state index contributed by atoms with van der Waals surface area (Å²) in [4.78, 5) is 34.5. The lowest BCUT2D eigenvalue weighted by Gasteiger charge is -2.14. The van der Waals surface area contributed by atoms with Crippen molar-refractivity contribution in [3.05, 3.63) is 46.0 Å². The third-order valence-electron chi connectivity index (χ3n) is 2.82. The summed E-state index contributed by atoms with van der Waals surface area (Å²) in [6, 6.07) is 7.65. The number of non-ortho nitro benzene ring substituents is 1. The Hall–Kier alpha value is -3.21. The third-order valence-corrected chi connectivity index (χ3v) is 2.82. The molecule has 1 aromatic rings. The van der Waals surface area contributed by atoms with Gasteiger partial charge in [0.1, 0.15) is 0 Å². The number of nitrogens with zero attached hydrogens (tertiary/aromatic N) is 3. The van der Waals surface area contributed by atoms with Crippen LogP contribution in [0.2, 0.25) is 0 Å². The van der Waals surface area contributed by atoms with Gasteiger partial charge in [-0.3, -0.25) is 14.9 Å². The number of esters is 1. The predicted molar refractivity (Wildman–Crippen MR) is 81.0 cm³/mol. The average Bonchev–Trinajstić information content (AvgIpc) is 2.55. The highest BCUT2D eigenvalue weighted by Gasteiger charge is 2.10. The van der Waals surface area contributed by atoms with Gasteiger partial charge in [0.25, 0.3) is 11.6 Å². The topological polar surface area (TPSA) is 114 Å². The fourth-order valence-electron chi connectivity index (χ4n) is 1.54. The molecule has 23 heavy (non-hydrogen) atoms. The maximum absolute atomic E-state index is 11.6. The molecular weight excluding hydrogens is 302 g/mol. The zero-order valence-corrected chi connectivity index (χ0v) is 12.5. The Morgan fingerprint density at radius 2 is 2.22 bits per heavy atom. The second kappa shape index (κ2) is 8.94. The number of carbonyl (C=O) groups excluding carboxylic acids is 2. The molecule has 1 aromatic carbocycles. The maximum Gasteiger partial charge on any atom is 0.331 e. The number of carbonyl (C=O) groups is 2. The van der Waals surface area contributed by atoms with Gasteiger partial charge < -0.3 is 9.64 Å². The zero-order valence-electron chi connectivity index (χ0n) is 12.5. The van der Waals surface area contributed by atoms with Crippen molar-refractivity contribution < 1.29 is 19.2 Å². The highest BCUT2D eigenvalue weighted by Crippen LogP contribution is 2.14. The Morgan fingerprint density at radius 3 is 2.87 bits per heavy atom. The number of nitro groups is 1. The summed E-state index contributed by atoms with van der Waals surface area (Å²) in [7, 11) is 1.51. The molecule has 0 spiro atoms. The first-order chi connectivity index (χ1) is 10.9. The Kier molecular flexibility index (Phi) is 6.94. The molecule has 0 bridgehead atoms. The molecule has 1 rings (SSSR count). The van der Waals surface area contributed by atoms with Gasteiger partial charge in [-0.15, -0.1) is 0 Å². The molecule has 0 unspecified atom stereocenters. The van der Waals surface area contributed by atoms with Crippen molar-refractivity contribution in [3.8, 4) is 6.07 Å². The van der Waals surface area contributed by atoms with E-state index < -0.39 is 23.4 Å². The summed E-state index contributed by atoms with van der Waals surface area (Å²) in [6.07, 6.45) is 2.64. The number of ether oxygens (including phenoxy) is 1. The lowest BCUT2D eigenvalue weighted by molar-refractivity contribution is -0.384. The molecule has 0 atom stereocenters. The van der Waals surface area contributed by atoms with Gasteiger partial charge in [-0.25, -0.2) is 4.79 Å². The first-order valence-corrected chi connectivity index (χ1v) is 6.64. The van der Waals surface area contributed by atoms with Crippen LogP contribution >= 0.6 is 0 Å². The molecule has 0 aliphatic carbocycles. The lowest BCUT2D eigenvalue weighted by atomic mass is 10.2. The van der Waals surface area contributed by atoms with Crippen LogP contribution in [0.3, 0.4) is 0 Å². The lowest BCUT2D eigenvalue weighted by Crippen LogP contribution is -2.31. The number of rotatable bonds is 7. The van der Waals surface area contributed by atoms with E-state index >= 15 is 0 Å². The van der Waals surface area contributed by atoms with E-state index in [2.05, 4.69) is 0 Å². The van der Waals surface area contributed by atoms with Gasteiger partial charge in [0.2, 0.25) is 0 Å². The molecule has 1 amide bonds. The van der Waals surface area contributed by atoms with Crippen molar-refractivity contribution in [2.75, 3.05) is 20.2 Å². The van der Waals surface area contributed by atoms with E-state index in [4.69, 9.17) is 10.00 Å². The average molecular weight is 317 g/mol. The number of benzene rings is 1. The number of nitro benzene ring substituents is 1. The zero-order chi connectivity index (χ0) is 17.2. The summed E-state index contributed by atoms with van der Waals surface area (Å²) >= 11 is 0. The van der Waals surface area contributed by atoms with Crippen LogP contribution in [0, 0.1) is 21.4 Å². The number of likely N-dealkylation sites (N-methyl/N-ethyl adjacent to an activating group) is 1. The van der Waals surface area contributed by atoms with Crippen LogP contribution in [-0.2, 0) is 14.3 Å². The molecule has 120 valence electrons. The predicted octanol–water partition coefficient (Wildman–Crippen LogP) is 1.52. The van der Waals surface area contributed by atoms with Crippen molar-refractivity contribution in [2.24, 2.45) is 0 Å². The van der Waals surface area contributed by atoms with Gasteiger partial charge in [0.05, 0.1) is 17.4 Å². The summed E-state index contributed by atoms with van der Waals surface area (Å²) < 4.78 is 4.77. The van der Waals surface area contributed by atoms with Crippen molar-refractivity contribution in [1.82, 2.24) is 4.90 Å². The van der Waals surface area contributed by atoms with E-state index in [1.165, 1.54) is 36.2 Å². The van der Waals surface area contributed by atoms with E-state index in [1.807, 2.05) is 6.07 Å². The normalized spacial score (nSPS) is 10.1. The van der Waals surface area contributed by atoms with Crippen LogP contribution < -0.4 is 0 Å². The Bertz CT molecular complexity index is 663. The number of hydrogen-bond acceptors (Lipinski definition) is 6. The van der Waals surface area contributed by atoms with Gasteiger partial charge in [-0.1, -0.05) is 12.1 Å². The van der Waals surface area contributed by atoms with Gasteiger partial charge in [0.15, 0.2) is 6.61 Å². The second-order valence-corrected chi connectivity index (χ2v) is 4.52. The van der Waals surface area contributed by atoms with Crippen LogP contribution in [0.1, 0.15) is 12.0 Å². The first-order valence-electron chi connectivity index (χ1n) is 6.64. The summed E-state index contributed by atoms with van der Waals surface area (Å²) in [6.45, 7) is -0.170. The highest BCUT2D eigenvalue weighted by molar-refractivity contribution is 5.89. The van der Waals surface area contributed by atoms with Crippen molar-refractivity contribution in [1.29, 1.82) is 5.26 Å². The Balaban J connectivity index is 2.50. The second-order valence-electron chi connectivity index (χ2n) is 4.52. The molecule has 8 nitrogen and oxygen atoms in total. The van der Waals surface area contributed by atoms with Crippen molar-refractivity contribution in [3.63, 3.8) is 0 Å². The smallest absolute Gasteiger partial charge is 0.331 e. The van der Waals surface area contributed by atoms with Crippen LogP contribution in [-0.4, -0.2) is 41.9 Å². The molecule has 0 radical (unpaired) electrons. The van der Waals surface area contributed by atoms with E-state index in [1.54, 1.807) is 6.07 Å². The quantitative estimate of drug-likeness (QED) is 0.326. The summed E-state index contributed by atoms with van der Waals surface area (Å²) in [5.74, 6) is -1.16. The van der Waals surface area contributed by atoms with Gasteiger partial charge in [-0.05, 0) is 11.6 Å². The largest absolute Gasteiger partial charge is 0.452 e. The monoisotopic (exact) mass is 317 g/mol. The standard InChI is InChI=1S/C15H15N3O5/c1-17(9-3-8-16)14(19)11-23-15(20)7-6-12-4-2-5-13(10-12)18(21)22/h2,4-7,10H,3,9,11H2,1H3/b7-6+. The fraction of sp³-hybridized carbons (Fsp3) is 0.267. The minimum absolute atomic E-state index is 0.0881. The van der Waals surface area contributed by atoms with Crippen LogP contribution in [0.4, 0.5) is 5.69 Å². The molecule has 0 N–H and O–H groups in total. The number of amides is 1. The molecule has 0 saturated heterocycles. The van der Waals surface area contributed by atoms with E-state index in [9.17, 15) is 19.7 Å². The van der Waals surface area contributed by atoms with Crippen molar-refractivity contribution >= 4 is 23.6 Å². The third kappa shape index (κ3) is 6.39. The Morgan fingerprint density at radius 1 is 1.48 bits per heavy atom. The SMILES string of the molecule is CN(CCC#N)C(=O)COC(=O)/C=C/c1cccc([N+](=O)[O-])c1. The maximum atomic E-state index is 11.6. The molecule has 0 aliphatic heterocycles. The molecule has 0 aliphatic rings. The van der Waals surface area contributed by atoms with Gasteiger partial charge >= 0.3 is 5.97 Å². The van der Waals surface area contributed by atoms with E-state index in [0.717, 1.165) is 6.08 Å². The van der Waals surface area contributed by atoms with E-state index in [0.29, 0.717) is 5.56 Å².